The van der Waals surface area contributed by atoms with E-state index in [9.17, 15) is 4.79 Å². The average molecular weight is 263 g/mol. The van der Waals surface area contributed by atoms with Crippen LogP contribution in [0, 0.1) is 11.3 Å². The molecule has 0 saturated carbocycles. The Labute approximate surface area is 112 Å². The van der Waals surface area contributed by atoms with E-state index in [1.54, 1.807) is 19.2 Å². The number of rotatable bonds is 7. The molecular formula is C13H17N3O3. The minimum absolute atomic E-state index is 0.0273. The molecular weight excluding hydrogens is 246 g/mol. The van der Waals surface area contributed by atoms with E-state index in [1.165, 1.54) is 0 Å². The number of hydrogen-bond donors (Lipinski definition) is 2. The fraction of sp³-hybridized carbons (Fsp3) is 0.385. The summed E-state index contributed by atoms with van der Waals surface area (Å²) < 4.78 is 10.5. The summed E-state index contributed by atoms with van der Waals surface area (Å²) in [5.41, 5.74) is 6.42. The van der Waals surface area contributed by atoms with Crippen molar-refractivity contribution in [3.63, 3.8) is 0 Å². The first-order valence-corrected chi connectivity index (χ1v) is 5.84. The van der Waals surface area contributed by atoms with E-state index < -0.39 is 0 Å². The Balaban J connectivity index is 2.66. The molecule has 1 rings (SSSR count). The van der Waals surface area contributed by atoms with E-state index in [2.05, 4.69) is 5.32 Å². The zero-order valence-electron chi connectivity index (χ0n) is 10.8. The van der Waals surface area contributed by atoms with Crippen molar-refractivity contribution in [1.82, 2.24) is 5.32 Å². The first-order chi connectivity index (χ1) is 9.21. The Morgan fingerprint density at radius 3 is 2.95 bits per heavy atom. The van der Waals surface area contributed by atoms with Crippen LogP contribution in [0.3, 0.4) is 0 Å². The lowest BCUT2D eigenvalue weighted by molar-refractivity contribution is -0.122. The van der Waals surface area contributed by atoms with E-state index in [1.807, 2.05) is 12.1 Å². The Bertz CT molecular complexity index is 469. The molecule has 1 amide bonds. The molecule has 0 heterocycles. The summed E-state index contributed by atoms with van der Waals surface area (Å²) >= 11 is 0. The normalized spacial score (nSPS) is 9.53. The van der Waals surface area contributed by atoms with E-state index in [-0.39, 0.29) is 19.1 Å². The van der Waals surface area contributed by atoms with Crippen LogP contribution in [-0.2, 0) is 11.2 Å². The minimum atomic E-state index is -0.337. The van der Waals surface area contributed by atoms with Gasteiger partial charge in [0.1, 0.15) is 18.0 Å². The lowest BCUT2D eigenvalue weighted by atomic mass is 10.1. The van der Waals surface area contributed by atoms with Crippen molar-refractivity contribution in [2.24, 2.45) is 5.73 Å². The Morgan fingerprint density at radius 2 is 2.32 bits per heavy atom. The molecule has 0 aliphatic carbocycles. The van der Waals surface area contributed by atoms with Gasteiger partial charge in [-0.05, 0) is 36.7 Å². The maximum Gasteiger partial charge on any atom is 0.258 e. The molecule has 6 heteroatoms. The quantitative estimate of drug-likeness (QED) is 0.686. The van der Waals surface area contributed by atoms with E-state index in [0.29, 0.717) is 24.5 Å². The van der Waals surface area contributed by atoms with Crippen LogP contribution in [0.25, 0.3) is 0 Å². The number of carbonyl (C=O) groups is 1. The van der Waals surface area contributed by atoms with Crippen LogP contribution in [-0.4, -0.2) is 32.7 Å². The van der Waals surface area contributed by atoms with Gasteiger partial charge in [-0.25, -0.2) is 0 Å². The number of nitrogens with two attached hydrogens (primary N) is 1. The van der Waals surface area contributed by atoms with Gasteiger partial charge in [-0.2, -0.15) is 5.26 Å². The molecule has 1 aromatic rings. The van der Waals surface area contributed by atoms with Gasteiger partial charge in [0.2, 0.25) is 0 Å². The molecule has 0 aromatic heterocycles. The van der Waals surface area contributed by atoms with Gasteiger partial charge in [0.15, 0.2) is 6.61 Å². The number of nitrogens with one attached hydrogen (secondary N) is 1. The smallest absolute Gasteiger partial charge is 0.258 e. The second-order valence-corrected chi connectivity index (χ2v) is 3.74. The molecule has 6 nitrogen and oxygen atoms in total. The van der Waals surface area contributed by atoms with Crippen molar-refractivity contribution in [1.29, 1.82) is 5.26 Å². The van der Waals surface area contributed by atoms with Crippen LogP contribution in [0.5, 0.6) is 11.5 Å². The largest absolute Gasteiger partial charge is 0.497 e. The van der Waals surface area contributed by atoms with Crippen LogP contribution in [0.1, 0.15) is 5.56 Å². The molecule has 0 fully saturated rings. The highest BCUT2D eigenvalue weighted by molar-refractivity contribution is 5.77. The number of ether oxygens (including phenoxy) is 2. The maximum atomic E-state index is 11.3. The molecule has 0 saturated heterocycles. The number of benzene rings is 1. The summed E-state index contributed by atoms with van der Waals surface area (Å²) in [4.78, 5) is 11.3. The Hall–Kier alpha value is -2.26. The topological polar surface area (TPSA) is 97.4 Å². The highest BCUT2D eigenvalue weighted by atomic mass is 16.5. The number of hydrogen-bond acceptors (Lipinski definition) is 5. The highest BCUT2D eigenvalue weighted by Gasteiger charge is 2.07. The van der Waals surface area contributed by atoms with Gasteiger partial charge in [0, 0.05) is 0 Å². The van der Waals surface area contributed by atoms with Crippen molar-refractivity contribution in [3.8, 4) is 17.6 Å². The van der Waals surface area contributed by atoms with Gasteiger partial charge in [0.25, 0.3) is 5.91 Å². The molecule has 19 heavy (non-hydrogen) atoms. The summed E-state index contributed by atoms with van der Waals surface area (Å²) in [6, 6.07) is 7.14. The molecule has 3 N–H and O–H groups in total. The Kier molecular flexibility index (Phi) is 6.19. The summed E-state index contributed by atoms with van der Waals surface area (Å²) in [5, 5.41) is 10.7. The molecule has 0 aliphatic rings. The first-order valence-electron chi connectivity index (χ1n) is 5.84. The lowest BCUT2D eigenvalue weighted by Gasteiger charge is -2.12. The summed E-state index contributed by atoms with van der Waals surface area (Å²) in [6.45, 7) is 0.316. The number of nitrogens with zero attached hydrogens (tertiary/aromatic N) is 1. The third-order valence-corrected chi connectivity index (χ3v) is 2.40. The lowest BCUT2D eigenvalue weighted by Crippen LogP contribution is -2.29. The molecule has 0 radical (unpaired) electrons. The zero-order chi connectivity index (χ0) is 14.1. The van der Waals surface area contributed by atoms with Gasteiger partial charge in [-0.15, -0.1) is 0 Å². The molecule has 0 aliphatic heterocycles. The van der Waals surface area contributed by atoms with Crippen LogP contribution in [0.15, 0.2) is 18.2 Å². The van der Waals surface area contributed by atoms with Crippen LogP contribution >= 0.6 is 0 Å². The number of carbonyl (C=O) groups excluding carboxylic acids is 1. The van der Waals surface area contributed by atoms with Gasteiger partial charge >= 0.3 is 0 Å². The Morgan fingerprint density at radius 1 is 1.53 bits per heavy atom. The third-order valence-electron chi connectivity index (χ3n) is 2.40. The molecule has 0 bridgehead atoms. The molecule has 0 spiro atoms. The maximum absolute atomic E-state index is 11.3. The SMILES string of the molecule is COc1ccc(OCC(=O)NCC#N)c(CCN)c1. The molecule has 102 valence electrons. The van der Waals surface area contributed by atoms with Crippen LogP contribution < -0.4 is 20.5 Å². The van der Waals surface area contributed by atoms with Crippen molar-refractivity contribution in [3.05, 3.63) is 23.8 Å². The van der Waals surface area contributed by atoms with Crippen molar-refractivity contribution in [2.75, 3.05) is 26.8 Å². The van der Waals surface area contributed by atoms with Gasteiger partial charge in [-0.1, -0.05) is 0 Å². The minimum Gasteiger partial charge on any atom is -0.497 e. The second-order valence-electron chi connectivity index (χ2n) is 3.74. The van der Waals surface area contributed by atoms with Crippen molar-refractivity contribution in [2.45, 2.75) is 6.42 Å². The monoisotopic (exact) mass is 263 g/mol. The predicted octanol–water partition coefficient (Wildman–Crippen LogP) is 0.215. The fourth-order valence-electron chi connectivity index (χ4n) is 1.51. The predicted molar refractivity (Wildman–Crippen MR) is 69.9 cm³/mol. The molecule has 0 unspecified atom stereocenters. The van der Waals surface area contributed by atoms with E-state index >= 15 is 0 Å². The van der Waals surface area contributed by atoms with Gasteiger partial charge < -0.3 is 20.5 Å². The number of nitriles is 1. The van der Waals surface area contributed by atoms with Crippen LogP contribution in [0.4, 0.5) is 0 Å². The zero-order valence-corrected chi connectivity index (χ0v) is 10.8. The number of methoxy groups -OCH3 is 1. The van der Waals surface area contributed by atoms with E-state index in [0.717, 1.165) is 5.56 Å². The molecule has 0 atom stereocenters. The van der Waals surface area contributed by atoms with Crippen LogP contribution in [0.2, 0.25) is 0 Å². The average Bonchev–Trinajstić information content (AvgIpc) is 2.43. The summed E-state index contributed by atoms with van der Waals surface area (Å²) in [7, 11) is 1.58. The fourth-order valence-corrected chi connectivity index (χ4v) is 1.51. The summed E-state index contributed by atoms with van der Waals surface area (Å²) in [5.74, 6) is 0.971. The molecule has 1 aromatic carbocycles. The third kappa shape index (κ3) is 4.85. The standard InChI is InChI=1S/C13H17N3O3/c1-18-11-2-3-12(10(8-11)4-5-14)19-9-13(17)16-7-6-15/h2-3,8H,4-5,7,9,14H2,1H3,(H,16,17). The first kappa shape index (κ1) is 14.8. The van der Waals surface area contributed by atoms with E-state index in [4.69, 9.17) is 20.5 Å². The van der Waals surface area contributed by atoms with Gasteiger partial charge in [0.05, 0.1) is 13.2 Å². The summed E-state index contributed by atoms with van der Waals surface area (Å²) in [6.07, 6.45) is 0.631. The number of amides is 1. The highest BCUT2D eigenvalue weighted by Crippen LogP contribution is 2.24. The van der Waals surface area contributed by atoms with Crippen molar-refractivity contribution < 1.29 is 14.3 Å². The van der Waals surface area contributed by atoms with Crippen molar-refractivity contribution >= 4 is 5.91 Å². The van der Waals surface area contributed by atoms with Gasteiger partial charge in [-0.3, -0.25) is 4.79 Å². The second kappa shape index (κ2) is 7.95.